The van der Waals surface area contributed by atoms with E-state index in [4.69, 9.17) is 4.42 Å². The van der Waals surface area contributed by atoms with Crippen LogP contribution in [0.2, 0.25) is 0 Å². The Kier molecular flexibility index (Phi) is 5.71. The fraction of sp³-hybridized carbons (Fsp3) is 0.286. The number of aryl methyl sites for hydroxylation is 1. The number of hydrogen-bond donors (Lipinski definition) is 1. The van der Waals surface area contributed by atoms with Crippen LogP contribution in [0.25, 0.3) is 22.3 Å². The Bertz CT molecular complexity index is 1110. The largest absolute Gasteiger partial charge is 0.467 e. The van der Waals surface area contributed by atoms with Gasteiger partial charge in [-0.15, -0.1) is 10.2 Å². The molecule has 4 aromatic rings. The van der Waals surface area contributed by atoms with Crippen LogP contribution in [0.3, 0.4) is 0 Å². The van der Waals surface area contributed by atoms with Gasteiger partial charge in [0.15, 0.2) is 11.0 Å². The molecule has 3 heterocycles. The van der Waals surface area contributed by atoms with Crippen LogP contribution in [0, 0.1) is 0 Å². The van der Waals surface area contributed by atoms with Gasteiger partial charge in [0.1, 0.15) is 5.76 Å². The lowest BCUT2D eigenvalue weighted by Gasteiger charge is -2.07. The molecular formula is C21H23N5O2S. The minimum atomic E-state index is -0.0683. The second-order valence-corrected chi connectivity index (χ2v) is 7.48. The molecule has 0 aliphatic rings. The molecule has 4 rings (SSSR count). The molecule has 0 spiro atoms. The van der Waals surface area contributed by atoms with Crippen LogP contribution in [0.5, 0.6) is 0 Å². The minimum absolute atomic E-state index is 0.0683. The minimum Gasteiger partial charge on any atom is -0.467 e. The highest BCUT2D eigenvalue weighted by molar-refractivity contribution is 7.99. The quantitative estimate of drug-likeness (QED) is 0.446. The Balaban J connectivity index is 1.52. The molecule has 0 fully saturated rings. The molecule has 8 heteroatoms. The number of fused-ring (bicyclic) bond motifs is 1. The maximum absolute atomic E-state index is 12.2. The van der Waals surface area contributed by atoms with Gasteiger partial charge >= 0.3 is 0 Å². The molecule has 0 saturated heterocycles. The second-order valence-electron chi connectivity index (χ2n) is 6.54. The van der Waals surface area contributed by atoms with Gasteiger partial charge in [-0.2, -0.15) is 0 Å². The van der Waals surface area contributed by atoms with Crippen LogP contribution < -0.4 is 5.32 Å². The summed E-state index contributed by atoms with van der Waals surface area (Å²) < 4.78 is 9.51. The van der Waals surface area contributed by atoms with Gasteiger partial charge in [0.05, 0.1) is 18.6 Å². The zero-order valence-corrected chi connectivity index (χ0v) is 17.3. The molecular weight excluding hydrogens is 386 g/mol. The third kappa shape index (κ3) is 3.93. The van der Waals surface area contributed by atoms with Gasteiger partial charge in [-0.05, 0) is 32.0 Å². The van der Waals surface area contributed by atoms with Crippen LogP contribution in [0.4, 0.5) is 0 Å². The van der Waals surface area contributed by atoms with Crippen molar-refractivity contribution in [3.63, 3.8) is 0 Å². The Labute approximate surface area is 173 Å². The van der Waals surface area contributed by atoms with Crippen LogP contribution in [0.15, 0.2) is 58.4 Å². The van der Waals surface area contributed by atoms with Gasteiger partial charge < -0.3 is 18.9 Å². The Hall–Kier alpha value is -3.00. The number of furan rings is 1. The highest BCUT2D eigenvalue weighted by Crippen LogP contribution is 2.31. The molecule has 0 saturated carbocycles. The summed E-state index contributed by atoms with van der Waals surface area (Å²) in [5.74, 6) is 1.76. The van der Waals surface area contributed by atoms with Gasteiger partial charge in [-0.1, -0.05) is 30.0 Å². The van der Waals surface area contributed by atoms with E-state index >= 15 is 0 Å². The second kappa shape index (κ2) is 8.57. The molecule has 29 heavy (non-hydrogen) atoms. The topological polar surface area (TPSA) is 77.9 Å². The summed E-state index contributed by atoms with van der Waals surface area (Å²) in [6, 6.07) is 12.0. The first-order valence-electron chi connectivity index (χ1n) is 9.64. The van der Waals surface area contributed by atoms with Crippen molar-refractivity contribution in [2.45, 2.75) is 38.6 Å². The van der Waals surface area contributed by atoms with Crippen molar-refractivity contribution >= 4 is 28.6 Å². The number of carbonyl (C=O) groups is 1. The number of amides is 1. The van der Waals surface area contributed by atoms with Gasteiger partial charge in [-0.25, -0.2) is 0 Å². The molecule has 0 aliphatic carbocycles. The van der Waals surface area contributed by atoms with E-state index in [1.54, 1.807) is 12.3 Å². The molecule has 1 aromatic carbocycles. The molecule has 3 aromatic heterocycles. The standard InChI is InChI=1S/C21H23N5O2S/c1-3-25-13-17(16-9-5-6-10-18(16)25)20-23-24-21(26(20)4-2)29-14-19(27)22-12-15-8-7-11-28-15/h5-11,13H,3-4,12,14H2,1-2H3,(H,22,27). The smallest absolute Gasteiger partial charge is 0.230 e. The van der Waals surface area contributed by atoms with Gasteiger partial charge in [0.25, 0.3) is 0 Å². The number of benzene rings is 1. The number of carbonyl (C=O) groups excluding carboxylic acids is 1. The van der Waals surface area contributed by atoms with Crippen molar-refractivity contribution in [3.05, 3.63) is 54.6 Å². The maximum atomic E-state index is 12.2. The van der Waals surface area contributed by atoms with Gasteiger partial charge in [0.2, 0.25) is 5.91 Å². The molecule has 1 amide bonds. The molecule has 0 bridgehead atoms. The van der Waals surface area contributed by atoms with Crippen LogP contribution in [-0.4, -0.2) is 31.0 Å². The van der Waals surface area contributed by atoms with Crippen LogP contribution >= 0.6 is 11.8 Å². The number of nitrogens with zero attached hydrogens (tertiary/aromatic N) is 4. The first-order chi connectivity index (χ1) is 14.2. The van der Waals surface area contributed by atoms with Crippen LogP contribution in [0.1, 0.15) is 19.6 Å². The lowest BCUT2D eigenvalue weighted by Crippen LogP contribution is -2.24. The normalized spacial score (nSPS) is 11.2. The Morgan fingerprint density at radius 3 is 2.76 bits per heavy atom. The van der Waals surface area contributed by atoms with Crippen molar-refractivity contribution in [2.24, 2.45) is 0 Å². The summed E-state index contributed by atoms with van der Waals surface area (Å²) in [4.78, 5) is 12.2. The van der Waals surface area contributed by atoms with Crippen molar-refractivity contribution in [3.8, 4) is 11.4 Å². The average Bonchev–Trinajstić information content (AvgIpc) is 3.48. The van der Waals surface area contributed by atoms with E-state index in [0.29, 0.717) is 6.54 Å². The van der Waals surface area contributed by atoms with E-state index in [2.05, 4.69) is 56.8 Å². The zero-order valence-electron chi connectivity index (χ0n) is 16.5. The number of thioether (sulfide) groups is 1. The predicted octanol–water partition coefficient (Wildman–Crippen LogP) is 3.94. The van der Waals surface area contributed by atoms with Crippen molar-refractivity contribution < 1.29 is 9.21 Å². The number of hydrogen-bond acceptors (Lipinski definition) is 5. The summed E-state index contributed by atoms with van der Waals surface area (Å²) in [6.07, 6.45) is 3.72. The number of nitrogens with one attached hydrogen (secondary N) is 1. The highest BCUT2D eigenvalue weighted by atomic mass is 32.2. The molecule has 7 nitrogen and oxygen atoms in total. The highest BCUT2D eigenvalue weighted by Gasteiger charge is 2.18. The Morgan fingerprint density at radius 2 is 2.00 bits per heavy atom. The van der Waals surface area contributed by atoms with Gasteiger partial charge in [0, 0.05) is 35.8 Å². The molecule has 0 atom stereocenters. The summed E-state index contributed by atoms with van der Waals surface area (Å²) in [6.45, 7) is 6.19. The molecule has 0 radical (unpaired) electrons. The first-order valence-corrected chi connectivity index (χ1v) is 10.6. The first kappa shape index (κ1) is 19.3. The summed E-state index contributed by atoms with van der Waals surface area (Å²) in [5, 5.41) is 13.6. The molecule has 0 unspecified atom stereocenters. The summed E-state index contributed by atoms with van der Waals surface area (Å²) >= 11 is 1.39. The molecule has 150 valence electrons. The number of rotatable bonds is 8. The van der Waals surface area contributed by atoms with E-state index in [1.807, 2.05) is 18.2 Å². The average molecular weight is 410 g/mol. The maximum Gasteiger partial charge on any atom is 0.230 e. The SMILES string of the molecule is CCn1c(SCC(=O)NCc2ccco2)nnc1-c1cn(CC)c2ccccc12. The zero-order chi connectivity index (χ0) is 20.2. The Morgan fingerprint density at radius 1 is 1.14 bits per heavy atom. The fourth-order valence-corrected chi connectivity index (χ4v) is 4.18. The number of para-hydroxylation sites is 1. The van der Waals surface area contributed by atoms with E-state index in [-0.39, 0.29) is 11.7 Å². The van der Waals surface area contributed by atoms with Crippen molar-refractivity contribution in [1.82, 2.24) is 24.6 Å². The predicted molar refractivity (Wildman–Crippen MR) is 114 cm³/mol. The molecule has 0 aliphatic heterocycles. The van der Waals surface area contributed by atoms with E-state index in [9.17, 15) is 4.79 Å². The fourth-order valence-electron chi connectivity index (χ4n) is 3.35. The van der Waals surface area contributed by atoms with Crippen molar-refractivity contribution in [1.29, 1.82) is 0 Å². The lowest BCUT2D eigenvalue weighted by atomic mass is 10.1. The third-order valence-corrected chi connectivity index (χ3v) is 5.74. The summed E-state index contributed by atoms with van der Waals surface area (Å²) in [7, 11) is 0. The number of aromatic nitrogens is 4. The van der Waals surface area contributed by atoms with Gasteiger partial charge in [-0.3, -0.25) is 4.79 Å². The van der Waals surface area contributed by atoms with E-state index < -0.39 is 0 Å². The summed E-state index contributed by atoms with van der Waals surface area (Å²) in [5.41, 5.74) is 2.24. The van der Waals surface area contributed by atoms with E-state index in [1.165, 1.54) is 17.3 Å². The monoisotopic (exact) mass is 409 g/mol. The van der Waals surface area contributed by atoms with Crippen molar-refractivity contribution in [2.75, 3.05) is 5.75 Å². The van der Waals surface area contributed by atoms with Crippen LogP contribution in [-0.2, 0) is 24.4 Å². The lowest BCUT2D eigenvalue weighted by molar-refractivity contribution is -0.118. The molecule has 1 N–H and O–H groups in total. The third-order valence-electron chi connectivity index (χ3n) is 4.78. The van der Waals surface area contributed by atoms with E-state index in [0.717, 1.165) is 40.8 Å².